The SMILES string of the molecule is CCCC1=C(C)C2=NC1=CC1=C(C)C3=C(O)CC(=C4NC(=C(C)C5=NC(=C2)C(C(C)O)=C5C)[C@@H](C)[C@@H]4CCC(=O)OC/C=C(\C)CC/C=C(\C)CCC=C(C)C)C3=N1. The largest absolute Gasteiger partial charge is 0.511 e. The number of esters is 1. The van der Waals surface area contributed by atoms with Crippen molar-refractivity contribution in [3.8, 4) is 0 Å². The summed E-state index contributed by atoms with van der Waals surface area (Å²) in [5.74, 6) is 0.0521. The zero-order chi connectivity index (χ0) is 42.0. The highest BCUT2D eigenvalue weighted by Crippen LogP contribution is 2.47. The molecule has 3 atom stereocenters. The topological polar surface area (TPSA) is 116 Å². The van der Waals surface area contributed by atoms with Crippen molar-refractivity contribution in [2.45, 2.75) is 140 Å². The molecular formula is C50H64N4O4. The summed E-state index contributed by atoms with van der Waals surface area (Å²) in [4.78, 5) is 28.8. The van der Waals surface area contributed by atoms with Crippen LogP contribution in [0.2, 0.25) is 0 Å². The molecular weight excluding hydrogens is 721 g/mol. The molecule has 308 valence electrons. The molecule has 58 heavy (non-hydrogen) atoms. The van der Waals surface area contributed by atoms with Crippen molar-refractivity contribution in [2.75, 3.05) is 6.61 Å². The number of nitrogens with one attached hydrogen (secondary N) is 1. The molecule has 0 saturated carbocycles. The van der Waals surface area contributed by atoms with Gasteiger partial charge in [0.2, 0.25) is 0 Å². The van der Waals surface area contributed by atoms with Crippen molar-refractivity contribution in [3.05, 3.63) is 126 Å². The summed E-state index contributed by atoms with van der Waals surface area (Å²) in [5.41, 5.74) is 18.6. The van der Waals surface area contributed by atoms with E-state index < -0.39 is 6.10 Å². The lowest BCUT2D eigenvalue weighted by atomic mass is 9.85. The number of aliphatic hydroxyl groups is 2. The summed E-state index contributed by atoms with van der Waals surface area (Å²) in [7, 11) is 0. The summed E-state index contributed by atoms with van der Waals surface area (Å²) in [6, 6.07) is 0. The number of hydrogen-bond donors (Lipinski definition) is 3. The lowest BCUT2D eigenvalue weighted by Crippen LogP contribution is -2.16. The van der Waals surface area contributed by atoms with E-state index in [1.807, 2.05) is 26.0 Å². The standard InChI is InChI=1S/C50H64N4O4/c1-12-15-36-30(6)39-26-42-45(35(11)55)33(9)48(53-42)34(10)47-31(7)37(20-21-44(57)58-23-22-29(5)19-14-18-28(4)17-13-16-27(2)3)49(54-47)38-24-43(56)46-32(8)40(52-50(38)46)25-41(36)51-39/h16,18,22,25-26,31,35,37,54-56H,12-15,17,19-21,23-24H2,1-11H3/b28-18+,29-22+,41-25?,42-26?,47-34?,49-38?/t31-,35?,37-/m0/s1. The second-order valence-electron chi connectivity index (χ2n) is 17.2. The predicted octanol–water partition coefficient (Wildman–Crippen LogP) is 11.6. The number of allylic oxidation sites excluding steroid dienone is 16. The number of nitrogens with zero attached hydrogens (tertiary/aromatic N) is 3. The lowest BCUT2D eigenvalue weighted by Gasteiger charge is -2.18. The van der Waals surface area contributed by atoms with Crippen LogP contribution in [0.3, 0.4) is 0 Å². The Balaban J connectivity index is 1.30. The molecule has 0 aromatic carbocycles. The molecule has 8 heteroatoms. The van der Waals surface area contributed by atoms with Crippen molar-refractivity contribution in [1.29, 1.82) is 0 Å². The lowest BCUT2D eigenvalue weighted by molar-refractivity contribution is -0.142. The number of rotatable bonds is 14. The van der Waals surface area contributed by atoms with Crippen LogP contribution in [0.15, 0.2) is 141 Å². The normalized spacial score (nSPS) is 22.5. The molecule has 0 amide bonds. The second kappa shape index (κ2) is 18.0. The Morgan fingerprint density at radius 2 is 1.59 bits per heavy atom. The molecule has 1 unspecified atom stereocenters. The quantitative estimate of drug-likeness (QED) is 0.120. The van der Waals surface area contributed by atoms with Gasteiger partial charge in [0.25, 0.3) is 0 Å². The molecule has 1 fully saturated rings. The van der Waals surface area contributed by atoms with E-state index in [2.05, 4.69) is 78.9 Å². The first-order valence-corrected chi connectivity index (χ1v) is 21.4. The highest BCUT2D eigenvalue weighted by Gasteiger charge is 2.42. The van der Waals surface area contributed by atoms with Gasteiger partial charge in [0, 0.05) is 52.8 Å². The molecule has 0 aromatic heterocycles. The predicted molar refractivity (Wildman–Crippen MR) is 239 cm³/mol. The van der Waals surface area contributed by atoms with E-state index in [9.17, 15) is 15.0 Å². The minimum atomic E-state index is -0.721. The Bertz CT molecular complexity index is 2230. The minimum Gasteiger partial charge on any atom is -0.511 e. The molecule has 6 rings (SSSR count). The van der Waals surface area contributed by atoms with Gasteiger partial charge in [0.1, 0.15) is 12.4 Å². The smallest absolute Gasteiger partial charge is 0.306 e. The van der Waals surface area contributed by atoms with Crippen LogP contribution in [-0.4, -0.2) is 46.0 Å². The van der Waals surface area contributed by atoms with E-state index in [4.69, 9.17) is 19.7 Å². The maximum absolute atomic E-state index is 13.3. The Morgan fingerprint density at radius 3 is 2.28 bits per heavy atom. The van der Waals surface area contributed by atoms with Crippen molar-refractivity contribution in [3.63, 3.8) is 0 Å². The first-order valence-electron chi connectivity index (χ1n) is 21.4. The number of aliphatic hydroxyl groups excluding tert-OH is 2. The summed E-state index contributed by atoms with van der Waals surface area (Å²) < 4.78 is 5.76. The molecule has 1 aliphatic carbocycles. The van der Waals surface area contributed by atoms with Crippen LogP contribution in [0.1, 0.15) is 134 Å². The van der Waals surface area contributed by atoms with Gasteiger partial charge in [0.05, 0.1) is 40.3 Å². The molecule has 0 spiro atoms. The van der Waals surface area contributed by atoms with Gasteiger partial charge >= 0.3 is 5.97 Å². The maximum atomic E-state index is 13.3. The number of ether oxygens (including phenoxy) is 1. The first kappa shape index (κ1) is 42.8. The van der Waals surface area contributed by atoms with Gasteiger partial charge in [-0.15, -0.1) is 0 Å². The number of hydrogen-bond acceptors (Lipinski definition) is 8. The summed E-state index contributed by atoms with van der Waals surface area (Å²) >= 11 is 0. The average molecular weight is 785 g/mol. The van der Waals surface area contributed by atoms with Crippen molar-refractivity contribution < 1.29 is 19.7 Å². The maximum Gasteiger partial charge on any atom is 0.306 e. The third kappa shape index (κ3) is 8.78. The van der Waals surface area contributed by atoms with E-state index in [1.165, 1.54) is 22.3 Å². The van der Waals surface area contributed by atoms with E-state index in [1.54, 1.807) is 6.92 Å². The monoisotopic (exact) mass is 784 g/mol. The van der Waals surface area contributed by atoms with Crippen LogP contribution in [0.4, 0.5) is 0 Å². The minimum absolute atomic E-state index is 0.0104. The first-order chi connectivity index (χ1) is 27.6. The highest BCUT2D eigenvalue weighted by molar-refractivity contribution is 6.21. The summed E-state index contributed by atoms with van der Waals surface area (Å²) in [5, 5.41) is 26.4. The molecule has 3 N–H and O–H groups in total. The van der Waals surface area contributed by atoms with Crippen molar-refractivity contribution >= 4 is 23.1 Å². The van der Waals surface area contributed by atoms with Gasteiger partial charge in [-0.05, 0) is 147 Å². The number of carbonyl (C=O) groups is 1. The van der Waals surface area contributed by atoms with Gasteiger partial charge in [-0.2, -0.15) is 0 Å². The highest BCUT2D eigenvalue weighted by atomic mass is 16.5. The average Bonchev–Trinajstić information content (AvgIpc) is 3.93. The van der Waals surface area contributed by atoms with Gasteiger partial charge < -0.3 is 20.3 Å². The van der Waals surface area contributed by atoms with E-state index in [-0.39, 0.29) is 30.8 Å². The number of fused-ring (bicyclic) bond motifs is 5. The van der Waals surface area contributed by atoms with Crippen LogP contribution in [0.25, 0.3) is 0 Å². The molecule has 0 aromatic rings. The molecule has 5 heterocycles. The van der Waals surface area contributed by atoms with Gasteiger partial charge in [-0.3, -0.25) is 4.79 Å². The van der Waals surface area contributed by atoms with Crippen molar-refractivity contribution in [1.82, 2.24) is 5.32 Å². The van der Waals surface area contributed by atoms with E-state index in [0.29, 0.717) is 18.6 Å². The Labute approximate surface area is 346 Å². The van der Waals surface area contributed by atoms with E-state index in [0.717, 1.165) is 123 Å². The third-order valence-electron chi connectivity index (χ3n) is 12.5. The van der Waals surface area contributed by atoms with E-state index >= 15 is 0 Å². The third-order valence-corrected chi connectivity index (χ3v) is 12.5. The molecule has 0 radical (unpaired) electrons. The molecule has 8 bridgehead atoms. The number of carbonyl (C=O) groups excluding carboxylic acids is 1. The molecule has 1 saturated heterocycles. The molecule has 5 aliphatic heterocycles. The molecule has 6 aliphatic rings. The Kier molecular flexibility index (Phi) is 13.3. The second-order valence-corrected chi connectivity index (χ2v) is 17.2. The van der Waals surface area contributed by atoms with Gasteiger partial charge in [-0.25, -0.2) is 15.0 Å². The van der Waals surface area contributed by atoms with Gasteiger partial charge in [-0.1, -0.05) is 49.1 Å². The molecule has 8 nitrogen and oxygen atoms in total. The van der Waals surface area contributed by atoms with Crippen molar-refractivity contribution in [2.24, 2.45) is 26.8 Å². The fourth-order valence-corrected chi connectivity index (χ4v) is 9.16. The van der Waals surface area contributed by atoms with Crippen LogP contribution >= 0.6 is 0 Å². The van der Waals surface area contributed by atoms with Crippen LogP contribution in [0, 0.1) is 11.8 Å². The zero-order valence-electron chi connectivity index (χ0n) is 36.7. The Morgan fingerprint density at radius 1 is 0.879 bits per heavy atom. The number of aliphatic imine (C=N–C) groups is 3. The van der Waals surface area contributed by atoms with Crippen LogP contribution in [0.5, 0.6) is 0 Å². The summed E-state index contributed by atoms with van der Waals surface area (Å²) in [6.45, 7) is 23.3. The fourth-order valence-electron chi connectivity index (χ4n) is 9.16. The Hall–Kier alpha value is -4.82. The fraction of sp³-hybridized carbons (Fsp3) is 0.480. The van der Waals surface area contributed by atoms with Crippen LogP contribution < -0.4 is 5.32 Å². The van der Waals surface area contributed by atoms with Crippen LogP contribution in [-0.2, 0) is 9.53 Å². The summed E-state index contributed by atoms with van der Waals surface area (Å²) in [6.07, 6.45) is 17.1. The zero-order valence-corrected chi connectivity index (χ0v) is 36.7. The van der Waals surface area contributed by atoms with Gasteiger partial charge in [0.15, 0.2) is 0 Å².